The van der Waals surface area contributed by atoms with Crippen LogP contribution in [0.4, 0.5) is 0 Å². The number of benzene rings is 2. The first-order valence-electron chi connectivity index (χ1n) is 7.48. The summed E-state index contributed by atoms with van der Waals surface area (Å²) in [6.45, 7) is 6.39. The SMILES string of the molecule is CC(C)(C)N=Cc1c(C2=CC=CC2)ccc2ccccc12. The molecule has 1 aliphatic rings. The summed E-state index contributed by atoms with van der Waals surface area (Å²) < 4.78 is 0. The van der Waals surface area contributed by atoms with Gasteiger partial charge < -0.3 is 0 Å². The van der Waals surface area contributed by atoms with E-state index in [1.165, 1.54) is 27.5 Å². The first-order valence-corrected chi connectivity index (χ1v) is 7.48. The highest BCUT2D eigenvalue weighted by molar-refractivity contribution is 6.04. The van der Waals surface area contributed by atoms with Crippen molar-refractivity contribution in [1.82, 2.24) is 0 Å². The molecule has 0 heterocycles. The van der Waals surface area contributed by atoms with Crippen molar-refractivity contribution >= 4 is 22.6 Å². The number of hydrogen-bond acceptors (Lipinski definition) is 1. The van der Waals surface area contributed by atoms with Crippen LogP contribution < -0.4 is 0 Å². The van der Waals surface area contributed by atoms with Gasteiger partial charge in [-0.1, -0.05) is 54.6 Å². The van der Waals surface area contributed by atoms with Crippen molar-refractivity contribution in [2.24, 2.45) is 4.99 Å². The molecule has 3 rings (SSSR count). The minimum atomic E-state index is -0.0590. The molecule has 2 aromatic rings. The molecule has 2 aromatic carbocycles. The molecule has 1 aliphatic carbocycles. The molecule has 1 nitrogen and oxygen atoms in total. The van der Waals surface area contributed by atoms with Gasteiger partial charge in [-0.2, -0.15) is 0 Å². The van der Waals surface area contributed by atoms with Gasteiger partial charge in [0.2, 0.25) is 0 Å². The van der Waals surface area contributed by atoms with Crippen LogP contribution in [-0.4, -0.2) is 11.8 Å². The first kappa shape index (κ1) is 13.8. The third kappa shape index (κ3) is 2.97. The summed E-state index contributed by atoms with van der Waals surface area (Å²) in [5, 5.41) is 2.54. The fourth-order valence-corrected chi connectivity index (χ4v) is 2.62. The average molecular weight is 275 g/mol. The summed E-state index contributed by atoms with van der Waals surface area (Å²) in [6.07, 6.45) is 9.61. The molecular formula is C20H21N. The largest absolute Gasteiger partial charge is 0.287 e. The van der Waals surface area contributed by atoms with E-state index in [9.17, 15) is 0 Å². The molecule has 0 N–H and O–H groups in total. The highest BCUT2D eigenvalue weighted by Gasteiger charge is 2.12. The second-order valence-electron chi connectivity index (χ2n) is 6.50. The van der Waals surface area contributed by atoms with Gasteiger partial charge in [0, 0.05) is 11.8 Å². The molecule has 0 saturated carbocycles. The van der Waals surface area contributed by atoms with Crippen molar-refractivity contribution in [1.29, 1.82) is 0 Å². The molecule has 0 fully saturated rings. The number of nitrogens with zero attached hydrogens (tertiary/aromatic N) is 1. The van der Waals surface area contributed by atoms with Gasteiger partial charge in [-0.05, 0) is 49.1 Å². The van der Waals surface area contributed by atoms with Gasteiger partial charge in [0.25, 0.3) is 0 Å². The molecule has 0 radical (unpaired) electrons. The van der Waals surface area contributed by atoms with E-state index < -0.39 is 0 Å². The van der Waals surface area contributed by atoms with Gasteiger partial charge in [0.15, 0.2) is 0 Å². The average Bonchev–Trinajstić information content (AvgIpc) is 2.97. The summed E-state index contributed by atoms with van der Waals surface area (Å²) in [5.41, 5.74) is 3.84. The molecule has 0 aliphatic heterocycles. The number of fused-ring (bicyclic) bond motifs is 1. The van der Waals surface area contributed by atoms with Gasteiger partial charge in [0.05, 0.1) is 5.54 Å². The van der Waals surface area contributed by atoms with E-state index in [1.807, 2.05) is 0 Å². The first-order chi connectivity index (χ1) is 10.0. The van der Waals surface area contributed by atoms with E-state index in [0.29, 0.717) is 0 Å². The predicted octanol–water partition coefficient (Wildman–Crippen LogP) is 5.40. The molecule has 0 amide bonds. The molecule has 0 saturated heterocycles. The number of rotatable bonds is 2. The van der Waals surface area contributed by atoms with Gasteiger partial charge in [-0.3, -0.25) is 4.99 Å². The van der Waals surface area contributed by atoms with Gasteiger partial charge in [0.1, 0.15) is 0 Å². The van der Waals surface area contributed by atoms with Crippen molar-refractivity contribution < 1.29 is 0 Å². The molecule has 0 spiro atoms. The van der Waals surface area contributed by atoms with Crippen LogP contribution in [0.5, 0.6) is 0 Å². The van der Waals surface area contributed by atoms with Crippen molar-refractivity contribution in [2.75, 3.05) is 0 Å². The zero-order chi connectivity index (χ0) is 14.9. The topological polar surface area (TPSA) is 12.4 Å². The van der Waals surface area contributed by atoms with Crippen molar-refractivity contribution in [3.8, 4) is 0 Å². The third-order valence-corrected chi connectivity index (χ3v) is 3.67. The number of aliphatic imine (C=N–C) groups is 1. The maximum absolute atomic E-state index is 4.74. The van der Waals surface area contributed by atoms with E-state index in [1.54, 1.807) is 0 Å². The Balaban J connectivity index is 2.20. The molecule has 0 aromatic heterocycles. The van der Waals surface area contributed by atoms with Crippen LogP contribution in [0.15, 0.2) is 59.6 Å². The standard InChI is InChI=1S/C20H21N/c1-20(2,3)21-14-19-17-11-7-6-10-16(17)12-13-18(19)15-8-4-5-9-15/h4-8,10-14H,9H2,1-3H3. The van der Waals surface area contributed by atoms with Crippen LogP contribution in [0.3, 0.4) is 0 Å². The lowest BCUT2D eigenvalue weighted by atomic mass is 9.94. The Hall–Kier alpha value is -2.15. The zero-order valence-corrected chi connectivity index (χ0v) is 12.9. The second kappa shape index (κ2) is 5.33. The highest BCUT2D eigenvalue weighted by Crippen LogP contribution is 2.30. The lowest BCUT2D eigenvalue weighted by molar-refractivity contribution is 0.587. The smallest absolute Gasteiger partial charge is 0.0524 e. The second-order valence-corrected chi connectivity index (χ2v) is 6.50. The molecular weight excluding hydrogens is 254 g/mol. The van der Waals surface area contributed by atoms with Gasteiger partial charge in [-0.15, -0.1) is 0 Å². The lowest BCUT2D eigenvalue weighted by Crippen LogP contribution is -2.10. The Bertz CT molecular complexity index is 755. The van der Waals surface area contributed by atoms with E-state index in [2.05, 4.69) is 81.6 Å². The van der Waals surface area contributed by atoms with Crippen molar-refractivity contribution in [3.05, 3.63) is 65.8 Å². The molecule has 0 atom stereocenters. The van der Waals surface area contributed by atoms with E-state index >= 15 is 0 Å². The number of hydrogen-bond donors (Lipinski definition) is 0. The van der Waals surface area contributed by atoms with Crippen LogP contribution in [-0.2, 0) is 0 Å². The monoisotopic (exact) mass is 275 g/mol. The fraction of sp³-hybridized carbons (Fsp3) is 0.250. The lowest BCUT2D eigenvalue weighted by Gasteiger charge is -2.14. The maximum Gasteiger partial charge on any atom is 0.0524 e. The highest BCUT2D eigenvalue weighted by atomic mass is 14.8. The fourth-order valence-electron chi connectivity index (χ4n) is 2.62. The molecule has 1 heteroatoms. The van der Waals surface area contributed by atoms with Crippen molar-refractivity contribution in [3.63, 3.8) is 0 Å². The molecule has 21 heavy (non-hydrogen) atoms. The third-order valence-electron chi connectivity index (χ3n) is 3.67. The summed E-state index contributed by atoms with van der Waals surface area (Å²) in [6, 6.07) is 13.0. The Morgan fingerprint density at radius 3 is 2.57 bits per heavy atom. The Labute approximate surface area is 126 Å². The Morgan fingerprint density at radius 1 is 1.05 bits per heavy atom. The van der Waals surface area contributed by atoms with Crippen molar-refractivity contribution in [2.45, 2.75) is 32.7 Å². The Kier molecular flexibility index (Phi) is 3.50. The minimum absolute atomic E-state index is 0.0590. The molecule has 0 unspecified atom stereocenters. The van der Waals surface area contributed by atoms with Crippen LogP contribution in [0.25, 0.3) is 16.3 Å². The normalized spacial score (nSPS) is 15.1. The van der Waals surface area contributed by atoms with Crippen LogP contribution in [0, 0.1) is 0 Å². The summed E-state index contributed by atoms with van der Waals surface area (Å²) >= 11 is 0. The van der Waals surface area contributed by atoms with E-state index in [4.69, 9.17) is 4.99 Å². The Morgan fingerprint density at radius 2 is 1.86 bits per heavy atom. The molecule has 106 valence electrons. The van der Waals surface area contributed by atoms with Crippen LogP contribution in [0.1, 0.15) is 38.3 Å². The predicted molar refractivity (Wildman–Crippen MR) is 93.0 cm³/mol. The summed E-state index contributed by atoms with van der Waals surface area (Å²) in [5.74, 6) is 0. The summed E-state index contributed by atoms with van der Waals surface area (Å²) in [7, 11) is 0. The van der Waals surface area contributed by atoms with Gasteiger partial charge >= 0.3 is 0 Å². The van der Waals surface area contributed by atoms with Gasteiger partial charge in [-0.25, -0.2) is 0 Å². The van der Waals surface area contributed by atoms with Crippen LogP contribution >= 0.6 is 0 Å². The van der Waals surface area contributed by atoms with E-state index in [0.717, 1.165) is 6.42 Å². The molecule has 0 bridgehead atoms. The van der Waals surface area contributed by atoms with E-state index in [-0.39, 0.29) is 5.54 Å². The minimum Gasteiger partial charge on any atom is -0.287 e. The maximum atomic E-state index is 4.74. The number of allylic oxidation sites excluding steroid dienone is 4. The zero-order valence-electron chi connectivity index (χ0n) is 12.9. The summed E-state index contributed by atoms with van der Waals surface area (Å²) in [4.78, 5) is 4.74. The quantitative estimate of drug-likeness (QED) is 0.651. The van der Waals surface area contributed by atoms with Crippen LogP contribution in [0.2, 0.25) is 0 Å².